The summed E-state index contributed by atoms with van der Waals surface area (Å²) in [5, 5.41) is 0. The molecule has 0 spiro atoms. The minimum absolute atomic E-state index is 1.18. The minimum atomic E-state index is 1.18. The predicted octanol–water partition coefficient (Wildman–Crippen LogP) is -0.920. The summed E-state index contributed by atoms with van der Waals surface area (Å²) in [4.78, 5) is 0. The summed E-state index contributed by atoms with van der Waals surface area (Å²) >= 11 is 7.00. The Kier molecular flexibility index (Phi) is 2.35. The maximum Gasteiger partial charge on any atom is 0.0700 e. The molecule has 1 N–H and O–H groups in total. The van der Waals surface area contributed by atoms with Crippen LogP contribution in [0.5, 0.6) is 0 Å². The van der Waals surface area contributed by atoms with E-state index in [0.717, 1.165) is 0 Å². The van der Waals surface area contributed by atoms with Crippen LogP contribution in [0.25, 0.3) is 0 Å². The van der Waals surface area contributed by atoms with Gasteiger partial charge in [-0.15, -0.1) is 0 Å². The lowest BCUT2D eigenvalue weighted by Crippen LogP contribution is -3.09. The Morgan fingerprint density at radius 3 is 2.14 bits per heavy atom. The van der Waals surface area contributed by atoms with Gasteiger partial charge in [-0.05, 0) is 0 Å². The molecule has 0 unspecified atom stereocenters. The zero-order valence-electron chi connectivity index (χ0n) is 4.14. The molecule has 0 atom stereocenters. The van der Waals surface area contributed by atoms with Crippen molar-refractivity contribution in [3.63, 3.8) is 0 Å². The van der Waals surface area contributed by atoms with Crippen molar-refractivity contribution in [2.24, 2.45) is 0 Å². The molecule has 1 nitrogen and oxygen atoms in total. The van der Waals surface area contributed by atoms with Gasteiger partial charge in [-0.1, -0.05) is 0 Å². The third-order valence-electron chi connectivity index (χ3n) is 1.05. The number of nitrogens with one attached hydrogen (secondary N) is 1. The largest absolute Gasteiger partial charge is 0.496 e. The molecule has 1 fully saturated rings. The van der Waals surface area contributed by atoms with E-state index in [1.807, 2.05) is 11.8 Å². The van der Waals surface area contributed by atoms with Crippen LogP contribution in [0, 0.1) is 0 Å². The fraction of sp³-hybridized carbons (Fsp3) is 1.00. The molecule has 0 aromatic rings. The Morgan fingerprint density at radius 1 is 1.29 bits per heavy atom. The van der Waals surface area contributed by atoms with Crippen LogP contribution in [0.15, 0.2) is 0 Å². The summed E-state index contributed by atoms with van der Waals surface area (Å²) in [6, 6.07) is 0. The topological polar surface area (TPSA) is 4.44 Å². The second kappa shape index (κ2) is 2.84. The fourth-order valence-electron chi connectivity index (χ4n) is 0.599. The number of quaternary nitrogens is 1. The maximum absolute atomic E-state index is 4.99. The van der Waals surface area contributed by atoms with Crippen LogP contribution in [0.3, 0.4) is 0 Å². The number of hydrogen-bond acceptors (Lipinski definition) is 2. The Morgan fingerprint density at radius 2 is 1.86 bits per heavy atom. The number of thioether (sulfide) groups is 1. The molecule has 1 aliphatic heterocycles. The highest BCUT2D eigenvalue weighted by Crippen LogP contribution is 1.96. The van der Waals surface area contributed by atoms with E-state index in [4.69, 9.17) is 12.8 Å². The first kappa shape index (κ1) is 5.79. The Balaban J connectivity index is 2.12. The SMILES string of the molecule is [S-][NH+]1CCSCC1. The third-order valence-corrected chi connectivity index (χ3v) is 2.44. The van der Waals surface area contributed by atoms with Gasteiger partial charge in [0.25, 0.3) is 0 Å². The van der Waals surface area contributed by atoms with Crippen LogP contribution in [-0.2, 0) is 12.8 Å². The molecule has 1 heterocycles. The highest BCUT2D eigenvalue weighted by Gasteiger charge is 2.01. The molecule has 0 radical (unpaired) electrons. The lowest BCUT2D eigenvalue weighted by Gasteiger charge is -2.26. The quantitative estimate of drug-likeness (QED) is 0.428. The van der Waals surface area contributed by atoms with E-state index >= 15 is 0 Å². The Hall–Kier alpha value is 0.660. The molecule has 0 aliphatic carbocycles. The van der Waals surface area contributed by atoms with E-state index in [0.29, 0.717) is 0 Å². The van der Waals surface area contributed by atoms with Crippen LogP contribution in [-0.4, -0.2) is 24.6 Å². The van der Waals surface area contributed by atoms with Gasteiger partial charge in [0.05, 0.1) is 13.1 Å². The Labute approximate surface area is 54.0 Å². The molecule has 0 amide bonds. The molecular weight excluding hydrogens is 126 g/mol. The maximum atomic E-state index is 4.99. The smallest absolute Gasteiger partial charge is 0.0700 e. The highest BCUT2D eigenvalue weighted by molar-refractivity contribution is 7.99. The van der Waals surface area contributed by atoms with Gasteiger partial charge < -0.3 is 17.1 Å². The van der Waals surface area contributed by atoms with Crippen molar-refractivity contribution in [2.75, 3.05) is 24.6 Å². The third kappa shape index (κ3) is 1.93. The molecule has 0 bridgehead atoms. The van der Waals surface area contributed by atoms with Gasteiger partial charge in [-0.3, -0.25) is 0 Å². The van der Waals surface area contributed by atoms with Crippen molar-refractivity contribution in [3.05, 3.63) is 0 Å². The molecule has 0 aromatic heterocycles. The predicted molar refractivity (Wildman–Crippen MR) is 35.4 cm³/mol. The normalized spacial score (nSPS) is 25.3. The van der Waals surface area contributed by atoms with E-state index < -0.39 is 0 Å². The van der Waals surface area contributed by atoms with E-state index in [1.165, 1.54) is 28.9 Å². The first-order valence-electron chi connectivity index (χ1n) is 2.49. The van der Waals surface area contributed by atoms with Crippen molar-refractivity contribution in [2.45, 2.75) is 0 Å². The fourth-order valence-corrected chi connectivity index (χ4v) is 2.05. The molecule has 3 heteroatoms. The van der Waals surface area contributed by atoms with Crippen molar-refractivity contribution < 1.29 is 4.31 Å². The zero-order valence-corrected chi connectivity index (χ0v) is 5.78. The Bertz CT molecular complexity index is 51.7. The monoisotopic (exact) mass is 135 g/mol. The van der Waals surface area contributed by atoms with E-state index in [1.54, 1.807) is 0 Å². The second-order valence-electron chi connectivity index (χ2n) is 1.65. The number of hydrogen-bond donors (Lipinski definition) is 1. The van der Waals surface area contributed by atoms with Gasteiger partial charge in [-0.2, -0.15) is 11.8 Å². The summed E-state index contributed by atoms with van der Waals surface area (Å²) in [6.07, 6.45) is 0. The van der Waals surface area contributed by atoms with E-state index in [-0.39, 0.29) is 0 Å². The molecule has 42 valence electrons. The van der Waals surface area contributed by atoms with Crippen LogP contribution >= 0.6 is 11.8 Å². The average Bonchev–Trinajstić information content (AvgIpc) is 1.69. The molecular formula is C4H9NS2. The number of rotatable bonds is 0. The second-order valence-corrected chi connectivity index (χ2v) is 3.45. The van der Waals surface area contributed by atoms with Gasteiger partial charge in [0.2, 0.25) is 0 Å². The molecule has 0 saturated carbocycles. The molecule has 1 saturated heterocycles. The molecule has 7 heavy (non-hydrogen) atoms. The molecule has 0 aromatic carbocycles. The summed E-state index contributed by atoms with van der Waals surface area (Å²) in [7, 11) is 0. The van der Waals surface area contributed by atoms with Gasteiger partial charge in [0, 0.05) is 11.5 Å². The summed E-state index contributed by atoms with van der Waals surface area (Å²) in [5.74, 6) is 2.53. The van der Waals surface area contributed by atoms with Crippen LogP contribution in [0.4, 0.5) is 0 Å². The summed E-state index contributed by atoms with van der Waals surface area (Å²) in [6.45, 7) is 2.36. The first-order chi connectivity index (χ1) is 3.39. The summed E-state index contributed by atoms with van der Waals surface area (Å²) in [5.41, 5.74) is 0. The van der Waals surface area contributed by atoms with Crippen LogP contribution in [0.1, 0.15) is 0 Å². The zero-order chi connectivity index (χ0) is 5.11. The average molecular weight is 135 g/mol. The first-order valence-corrected chi connectivity index (χ1v) is 4.05. The lowest BCUT2D eigenvalue weighted by molar-refractivity contribution is -0.749. The molecule has 1 aliphatic rings. The lowest BCUT2D eigenvalue weighted by atomic mass is 10.6. The van der Waals surface area contributed by atoms with Gasteiger partial charge in [0.1, 0.15) is 0 Å². The van der Waals surface area contributed by atoms with Crippen LogP contribution in [0.2, 0.25) is 0 Å². The van der Waals surface area contributed by atoms with Crippen molar-refractivity contribution >= 4 is 24.6 Å². The van der Waals surface area contributed by atoms with Crippen LogP contribution < -0.4 is 4.31 Å². The highest BCUT2D eigenvalue weighted by atomic mass is 32.2. The van der Waals surface area contributed by atoms with Gasteiger partial charge in [0.15, 0.2) is 0 Å². The van der Waals surface area contributed by atoms with E-state index in [9.17, 15) is 0 Å². The van der Waals surface area contributed by atoms with E-state index in [2.05, 4.69) is 0 Å². The van der Waals surface area contributed by atoms with Crippen molar-refractivity contribution in [3.8, 4) is 0 Å². The minimum Gasteiger partial charge on any atom is -0.496 e. The van der Waals surface area contributed by atoms with Crippen molar-refractivity contribution in [1.82, 2.24) is 0 Å². The standard InChI is InChI=1S/C4H9NS2/c6-5-1-3-7-4-2-5/h5H,1-4H2. The van der Waals surface area contributed by atoms with Gasteiger partial charge in [-0.25, -0.2) is 0 Å². The summed E-state index contributed by atoms with van der Waals surface area (Å²) < 4.78 is 1.28. The van der Waals surface area contributed by atoms with Crippen molar-refractivity contribution in [1.29, 1.82) is 0 Å². The molecule has 1 rings (SSSR count). The van der Waals surface area contributed by atoms with Gasteiger partial charge >= 0.3 is 0 Å².